The van der Waals surface area contributed by atoms with Crippen LogP contribution in [0.1, 0.15) is 0 Å². The van der Waals surface area contributed by atoms with E-state index < -0.39 is 0 Å². The van der Waals surface area contributed by atoms with Gasteiger partial charge in [0, 0.05) is 10.9 Å². The van der Waals surface area contributed by atoms with Crippen LogP contribution in [0.2, 0.25) is 5.02 Å². The number of rotatable bonds is 2. The van der Waals surface area contributed by atoms with Crippen molar-refractivity contribution in [2.75, 3.05) is 0 Å². The predicted molar refractivity (Wildman–Crippen MR) is 91.3 cm³/mol. The maximum atomic E-state index is 12.1. The van der Waals surface area contributed by atoms with Gasteiger partial charge in [-0.3, -0.25) is 4.79 Å². The standard InChI is InChI=1S/C14H8ClIN2OS/c15-9-6-10(20-7-9)13-17-12(11(16)14(19)18-13)8-4-2-1-3-5-8/h1-7H,(H,17,18,19). The summed E-state index contributed by atoms with van der Waals surface area (Å²) in [4.78, 5) is 20.3. The van der Waals surface area contributed by atoms with Gasteiger partial charge in [-0.2, -0.15) is 0 Å². The number of nitrogens with one attached hydrogen (secondary N) is 1. The van der Waals surface area contributed by atoms with E-state index in [1.54, 1.807) is 6.07 Å². The summed E-state index contributed by atoms with van der Waals surface area (Å²) in [6.07, 6.45) is 0. The van der Waals surface area contributed by atoms with Gasteiger partial charge in [-0.05, 0) is 28.7 Å². The number of nitrogens with zero attached hydrogens (tertiary/aromatic N) is 1. The van der Waals surface area contributed by atoms with Crippen LogP contribution >= 0.6 is 45.5 Å². The molecule has 20 heavy (non-hydrogen) atoms. The Balaban J connectivity index is 2.21. The van der Waals surface area contributed by atoms with E-state index in [9.17, 15) is 4.79 Å². The third-order valence-corrected chi connectivity index (χ3v) is 5.00. The molecule has 3 nitrogen and oxygen atoms in total. The van der Waals surface area contributed by atoms with Gasteiger partial charge in [-0.1, -0.05) is 41.9 Å². The molecule has 0 aliphatic carbocycles. The number of hydrogen-bond acceptors (Lipinski definition) is 3. The van der Waals surface area contributed by atoms with E-state index in [4.69, 9.17) is 11.6 Å². The molecule has 1 N–H and O–H groups in total. The molecule has 0 radical (unpaired) electrons. The van der Waals surface area contributed by atoms with Crippen molar-refractivity contribution in [3.63, 3.8) is 0 Å². The van der Waals surface area contributed by atoms with Gasteiger partial charge in [0.1, 0.15) is 3.57 Å². The quantitative estimate of drug-likeness (QED) is 0.631. The number of thiophene rings is 1. The SMILES string of the molecule is O=c1[nH]c(-c2cc(Cl)cs2)nc(-c2ccccc2)c1I. The van der Waals surface area contributed by atoms with Crippen LogP contribution in [-0.2, 0) is 0 Å². The predicted octanol–water partition coefficient (Wildman–Crippen LogP) is 4.42. The lowest BCUT2D eigenvalue weighted by atomic mass is 10.1. The summed E-state index contributed by atoms with van der Waals surface area (Å²) in [7, 11) is 0. The normalized spacial score (nSPS) is 10.7. The Hall–Kier alpha value is -1.18. The zero-order chi connectivity index (χ0) is 14.1. The van der Waals surface area contributed by atoms with Crippen LogP contribution in [0.5, 0.6) is 0 Å². The third-order valence-electron chi connectivity index (χ3n) is 2.71. The molecular formula is C14H8ClIN2OS. The van der Waals surface area contributed by atoms with Crippen LogP contribution in [-0.4, -0.2) is 9.97 Å². The Morgan fingerprint density at radius 2 is 2.00 bits per heavy atom. The van der Waals surface area contributed by atoms with Crippen molar-refractivity contribution < 1.29 is 0 Å². The molecule has 0 spiro atoms. The number of hydrogen-bond donors (Lipinski definition) is 1. The van der Waals surface area contributed by atoms with Crippen LogP contribution in [0, 0.1) is 3.57 Å². The molecule has 0 bridgehead atoms. The highest BCUT2D eigenvalue weighted by Crippen LogP contribution is 2.29. The molecule has 2 heterocycles. The number of benzene rings is 1. The highest BCUT2D eigenvalue weighted by atomic mass is 127. The topological polar surface area (TPSA) is 45.8 Å². The summed E-state index contributed by atoms with van der Waals surface area (Å²) in [5.74, 6) is 0.547. The number of aromatic nitrogens is 2. The van der Waals surface area contributed by atoms with Gasteiger partial charge in [0.15, 0.2) is 5.82 Å². The molecule has 6 heteroatoms. The fourth-order valence-corrected chi connectivity index (χ4v) is 3.39. The minimum Gasteiger partial charge on any atom is -0.305 e. The lowest BCUT2D eigenvalue weighted by Crippen LogP contribution is -2.14. The average molecular weight is 415 g/mol. The van der Waals surface area contributed by atoms with Crippen LogP contribution in [0.25, 0.3) is 22.0 Å². The highest BCUT2D eigenvalue weighted by Gasteiger charge is 2.13. The molecule has 0 unspecified atom stereocenters. The van der Waals surface area contributed by atoms with Gasteiger partial charge in [-0.15, -0.1) is 11.3 Å². The first kappa shape index (κ1) is 13.8. The van der Waals surface area contributed by atoms with E-state index in [1.165, 1.54) is 11.3 Å². The molecule has 0 fully saturated rings. The molecule has 3 rings (SSSR count). The molecule has 0 atom stereocenters. The Kier molecular flexibility index (Phi) is 3.91. The monoisotopic (exact) mass is 414 g/mol. The second-order valence-corrected chi connectivity index (χ2v) is 6.50. The molecule has 0 aliphatic heterocycles. The number of H-pyrrole nitrogens is 1. The number of aromatic amines is 1. The zero-order valence-electron chi connectivity index (χ0n) is 10.1. The largest absolute Gasteiger partial charge is 0.305 e. The molecule has 0 saturated heterocycles. The zero-order valence-corrected chi connectivity index (χ0v) is 13.8. The second-order valence-electron chi connectivity index (χ2n) is 4.07. The third kappa shape index (κ3) is 2.65. The summed E-state index contributed by atoms with van der Waals surface area (Å²) >= 11 is 9.40. The molecular weight excluding hydrogens is 407 g/mol. The summed E-state index contributed by atoms with van der Waals surface area (Å²) < 4.78 is 0.584. The van der Waals surface area contributed by atoms with Crippen molar-refractivity contribution >= 4 is 45.5 Å². The van der Waals surface area contributed by atoms with Crippen molar-refractivity contribution in [2.24, 2.45) is 0 Å². The van der Waals surface area contributed by atoms with E-state index in [0.717, 1.165) is 10.4 Å². The van der Waals surface area contributed by atoms with E-state index in [2.05, 4.69) is 9.97 Å². The van der Waals surface area contributed by atoms with Crippen molar-refractivity contribution in [1.29, 1.82) is 0 Å². The van der Waals surface area contributed by atoms with Crippen molar-refractivity contribution in [2.45, 2.75) is 0 Å². The fourth-order valence-electron chi connectivity index (χ4n) is 1.80. The van der Waals surface area contributed by atoms with E-state index >= 15 is 0 Å². The van der Waals surface area contributed by atoms with Crippen LogP contribution in [0.15, 0.2) is 46.6 Å². The van der Waals surface area contributed by atoms with Gasteiger partial charge in [0.2, 0.25) is 0 Å². The van der Waals surface area contributed by atoms with Gasteiger partial charge >= 0.3 is 0 Å². The summed E-state index contributed by atoms with van der Waals surface area (Å²) in [5, 5.41) is 2.46. The van der Waals surface area contributed by atoms with E-state index in [0.29, 0.717) is 20.1 Å². The van der Waals surface area contributed by atoms with Gasteiger partial charge in [-0.25, -0.2) is 4.98 Å². The van der Waals surface area contributed by atoms with Crippen LogP contribution < -0.4 is 5.56 Å². The smallest absolute Gasteiger partial charge is 0.265 e. The molecule has 0 aliphatic rings. The van der Waals surface area contributed by atoms with Crippen molar-refractivity contribution in [1.82, 2.24) is 9.97 Å². The molecule has 2 aromatic heterocycles. The average Bonchev–Trinajstić information content (AvgIpc) is 2.89. The molecule has 0 amide bonds. The van der Waals surface area contributed by atoms with Crippen LogP contribution in [0.3, 0.4) is 0 Å². The maximum absolute atomic E-state index is 12.1. The first-order valence-electron chi connectivity index (χ1n) is 5.75. The maximum Gasteiger partial charge on any atom is 0.265 e. The summed E-state index contributed by atoms with van der Waals surface area (Å²) in [5.41, 5.74) is 1.47. The van der Waals surface area contributed by atoms with E-state index in [-0.39, 0.29) is 5.56 Å². The molecule has 3 aromatic rings. The lowest BCUT2D eigenvalue weighted by molar-refractivity contribution is 1.12. The minimum atomic E-state index is -0.140. The molecule has 100 valence electrons. The van der Waals surface area contributed by atoms with Crippen molar-refractivity contribution in [3.05, 3.63) is 60.7 Å². The van der Waals surface area contributed by atoms with Gasteiger partial charge in [0.25, 0.3) is 5.56 Å². The second kappa shape index (κ2) is 5.67. The summed E-state index contributed by atoms with van der Waals surface area (Å²) in [6.45, 7) is 0. The lowest BCUT2D eigenvalue weighted by Gasteiger charge is -2.05. The van der Waals surface area contributed by atoms with E-state index in [1.807, 2.05) is 58.3 Å². The highest BCUT2D eigenvalue weighted by molar-refractivity contribution is 14.1. The minimum absolute atomic E-state index is 0.140. The Morgan fingerprint density at radius 1 is 1.25 bits per heavy atom. The Morgan fingerprint density at radius 3 is 2.65 bits per heavy atom. The first-order valence-corrected chi connectivity index (χ1v) is 8.08. The molecule has 1 aromatic carbocycles. The molecule has 0 saturated carbocycles. The Labute approximate surface area is 137 Å². The Bertz CT molecular complexity index is 814. The van der Waals surface area contributed by atoms with Crippen LogP contribution in [0.4, 0.5) is 0 Å². The van der Waals surface area contributed by atoms with Crippen molar-refractivity contribution in [3.8, 4) is 22.0 Å². The first-order chi connectivity index (χ1) is 9.65. The van der Waals surface area contributed by atoms with Gasteiger partial charge in [0.05, 0.1) is 15.6 Å². The number of halogens is 2. The summed E-state index contributed by atoms with van der Waals surface area (Å²) in [6, 6.07) is 11.5. The fraction of sp³-hybridized carbons (Fsp3) is 0. The van der Waals surface area contributed by atoms with Gasteiger partial charge < -0.3 is 4.98 Å².